The molecule has 0 N–H and O–H groups in total. The van der Waals surface area contributed by atoms with E-state index in [1.165, 1.54) is 8.61 Å². The van der Waals surface area contributed by atoms with Gasteiger partial charge in [-0.25, -0.2) is 4.98 Å². The van der Waals surface area contributed by atoms with Crippen LogP contribution in [0, 0.1) is 0 Å². The van der Waals surface area contributed by atoms with Crippen molar-refractivity contribution in [3.05, 3.63) is 22.8 Å². The Morgan fingerprint density at radius 3 is 2.60 bits per heavy atom. The third-order valence-electron chi connectivity index (χ3n) is 3.19. The number of piperidine rings is 1. The molecule has 1 saturated heterocycles. The molecule has 0 bridgehead atoms. The van der Waals surface area contributed by atoms with Crippen molar-refractivity contribution in [1.82, 2.24) is 13.6 Å². The molecule has 6 nitrogen and oxygen atoms in total. The van der Waals surface area contributed by atoms with Gasteiger partial charge in [0.15, 0.2) is 0 Å². The largest absolute Gasteiger partial charge is 0.473 e. The normalized spacial score (nSPS) is 18.4. The Hall–Kier alpha value is -0.700. The van der Waals surface area contributed by atoms with Crippen molar-refractivity contribution >= 4 is 26.1 Å². The lowest BCUT2D eigenvalue weighted by Gasteiger charge is -2.32. The number of nitrogens with zero attached hydrogens (tertiary/aromatic N) is 3. The van der Waals surface area contributed by atoms with Crippen LogP contribution < -0.4 is 4.74 Å². The van der Waals surface area contributed by atoms with Gasteiger partial charge in [-0.3, -0.25) is 0 Å². The van der Waals surface area contributed by atoms with Crippen LogP contribution in [0.4, 0.5) is 0 Å². The molecule has 1 fully saturated rings. The molecule has 0 unspecified atom stereocenters. The maximum atomic E-state index is 12.0. The van der Waals surface area contributed by atoms with E-state index in [2.05, 4.69) is 20.9 Å². The molecular formula is C12H18BrN3O3S. The Morgan fingerprint density at radius 1 is 1.40 bits per heavy atom. The fourth-order valence-corrected chi connectivity index (χ4v) is 3.51. The lowest BCUT2D eigenvalue weighted by Crippen LogP contribution is -2.46. The topological polar surface area (TPSA) is 62.7 Å². The zero-order valence-electron chi connectivity index (χ0n) is 11.5. The Kier molecular flexibility index (Phi) is 5.00. The van der Waals surface area contributed by atoms with Crippen molar-refractivity contribution in [2.24, 2.45) is 0 Å². The molecule has 0 saturated carbocycles. The summed E-state index contributed by atoms with van der Waals surface area (Å²) in [6, 6.07) is 3.69. The molecule has 20 heavy (non-hydrogen) atoms. The number of pyridine rings is 1. The molecule has 2 rings (SSSR count). The maximum Gasteiger partial charge on any atom is 0.281 e. The first-order valence-corrected chi connectivity index (χ1v) is 8.55. The summed E-state index contributed by atoms with van der Waals surface area (Å²) in [5, 5.41) is 0. The van der Waals surface area contributed by atoms with E-state index in [-0.39, 0.29) is 6.10 Å². The zero-order chi connectivity index (χ0) is 14.8. The molecule has 2 heterocycles. The standard InChI is InChI=1S/C12H18BrN3O3S/c1-15(2)20(17,18)16-8-5-10(6-9-16)19-12-11(13)4-3-7-14-12/h3-4,7,10H,5-6,8-9H2,1-2H3. The second-order valence-electron chi connectivity index (χ2n) is 4.80. The minimum absolute atomic E-state index is 0.00480. The molecule has 112 valence electrons. The Bertz CT molecular complexity index is 557. The highest BCUT2D eigenvalue weighted by molar-refractivity contribution is 9.10. The second kappa shape index (κ2) is 6.38. The highest BCUT2D eigenvalue weighted by Crippen LogP contribution is 2.25. The van der Waals surface area contributed by atoms with Crippen molar-refractivity contribution in [2.45, 2.75) is 18.9 Å². The van der Waals surface area contributed by atoms with Crippen LogP contribution in [-0.2, 0) is 10.2 Å². The molecule has 0 spiro atoms. The second-order valence-corrected chi connectivity index (χ2v) is 7.79. The fraction of sp³-hybridized carbons (Fsp3) is 0.583. The van der Waals surface area contributed by atoms with Gasteiger partial charge in [0.05, 0.1) is 4.47 Å². The van der Waals surface area contributed by atoms with Gasteiger partial charge in [0.1, 0.15) is 6.10 Å². The van der Waals surface area contributed by atoms with E-state index in [1.54, 1.807) is 20.3 Å². The molecule has 1 aliphatic rings. The van der Waals surface area contributed by atoms with Crippen LogP contribution in [0.15, 0.2) is 22.8 Å². The molecule has 8 heteroatoms. The van der Waals surface area contributed by atoms with Crippen molar-refractivity contribution in [1.29, 1.82) is 0 Å². The van der Waals surface area contributed by atoms with Crippen molar-refractivity contribution in [3.8, 4) is 5.88 Å². The molecule has 1 aromatic rings. The summed E-state index contributed by atoms with van der Waals surface area (Å²) in [6.45, 7) is 0.936. The quantitative estimate of drug-likeness (QED) is 0.812. The molecule has 0 aliphatic carbocycles. The van der Waals surface area contributed by atoms with Gasteiger partial charge in [-0.2, -0.15) is 17.0 Å². The smallest absolute Gasteiger partial charge is 0.281 e. The van der Waals surface area contributed by atoms with Crippen LogP contribution in [-0.4, -0.2) is 55.3 Å². The fourth-order valence-electron chi connectivity index (χ4n) is 2.03. The summed E-state index contributed by atoms with van der Waals surface area (Å²) in [6.07, 6.45) is 2.99. The summed E-state index contributed by atoms with van der Waals surface area (Å²) in [5.74, 6) is 0.557. The van der Waals surface area contributed by atoms with Crippen molar-refractivity contribution < 1.29 is 13.2 Å². The Balaban J connectivity index is 1.94. The first-order valence-electron chi connectivity index (χ1n) is 6.36. The Morgan fingerprint density at radius 2 is 2.05 bits per heavy atom. The van der Waals surface area contributed by atoms with Crippen LogP contribution in [0.5, 0.6) is 5.88 Å². The number of hydrogen-bond donors (Lipinski definition) is 0. The summed E-state index contributed by atoms with van der Waals surface area (Å²) >= 11 is 3.39. The van der Waals surface area contributed by atoms with E-state index < -0.39 is 10.2 Å². The van der Waals surface area contributed by atoms with E-state index in [4.69, 9.17) is 4.74 Å². The van der Waals surface area contributed by atoms with Crippen molar-refractivity contribution in [3.63, 3.8) is 0 Å². The van der Waals surface area contributed by atoms with Gasteiger partial charge >= 0.3 is 0 Å². The lowest BCUT2D eigenvalue weighted by atomic mass is 10.1. The zero-order valence-corrected chi connectivity index (χ0v) is 13.9. The van der Waals surface area contributed by atoms with Gasteiger partial charge in [0, 0.05) is 33.4 Å². The number of aromatic nitrogens is 1. The summed E-state index contributed by atoms with van der Waals surface area (Å²) in [4.78, 5) is 4.16. The molecule has 0 radical (unpaired) electrons. The average molecular weight is 364 g/mol. The highest BCUT2D eigenvalue weighted by atomic mass is 79.9. The third-order valence-corrected chi connectivity index (χ3v) is 5.74. The monoisotopic (exact) mass is 363 g/mol. The van der Waals surface area contributed by atoms with E-state index in [1.807, 2.05) is 12.1 Å². The SMILES string of the molecule is CN(C)S(=O)(=O)N1CCC(Oc2ncccc2Br)CC1. The minimum Gasteiger partial charge on any atom is -0.473 e. The van der Waals surface area contributed by atoms with Crippen LogP contribution in [0.2, 0.25) is 0 Å². The third kappa shape index (κ3) is 3.49. The molecule has 1 aromatic heterocycles. The van der Waals surface area contributed by atoms with Crippen molar-refractivity contribution in [2.75, 3.05) is 27.2 Å². The predicted molar refractivity (Wildman–Crippen MR) is 79.8 cm³/mol. The summed E-state index contributed by atoms with van der Waals surface area (Å²) in [5.41, 5.74) is 0. The van der Waals surface area contributed by atoms with E-state index in [0.717, 1.165) is 4.47 Å². The van der Waals surface area contributed by atoms with E-state index >= 15 is 0 Å². The number of rotatable bonds is 4. The van der Waals surface area contributed by atoms with E-state index in [0.29, 0.717) is 31.8 Å². The van der Waals surface area contributed by atoms with Crippen LogP contribution in [0.1, 0.15) is 12.8 Å². The van der Waals surface area contributed by atoms with Crippen LogP contribution >= 0.6 is 15.9 Å². The minimum atomic E-state index is -3.32. The van der Waals surface area contributed by atoms with E-state index in [9.17, 15) is 8.42 Å². The summed E-state index contributed by atoms with van der Waals surface area (Å²) in [7, 11) is -0.229. The average Bonchev–Trinajstić information content (AvgIpc) is 2.42. The van der Waals surface area contributed by atoms with Gasteiger partial charge < -0.3 is 4.74 Å². The number of hydrogen-bond acceptors (Lipinski definition) is 4. The van der Waals surface area contributed by atoms with Gasteiger partial charge in [0.2, 0.25) is 5.88 Å². The summed E-state index contributed by atoms with van der Waals surface area (Å²) < 4.78 is 33.3. The molecular weight excluding hydrogens is 346 g/mol. The van der Waals surface area contributed by atoms with Gasteiger partial charge in [-0.15, -0.1) is 0 Å². The first-order chi connectivity index (χ1) is 9.41. The molecule has 0 aromatic carbocycles. The number of ether oxygens (including phenoxy) is 1. The molecule has 1 aliphatic heterocycles. The Labute approximate surface area is 128 Å². The lowest BCUT2D eigenvalue weighted by molar-refractivity contribution is 0.127. The predicted octanol–water partition coefficient (Wildman–Crippen LogP) is 1.49. The van der Waals surface area contributed by atoms with Gasteiger partial charge in [-0.05, 0) is 40.9 Å². The number of halogens is 1. The molecule has 0 amide bonds. The van der Waals surface area contributed by atoms with Gasteiger partial charge in [0.25, 0.3) is 10.2 Å². The van der Waals surface area contributed by atoms with Gasteiger partial charge in [-0.1, -0.05) is 0 Å². The highest BCUT2D eigenvalue weighted by Gasteiger charge is 2.30. The first kappa shape index (κ1) is 15.7. The maximum absolute atomic E-state index is 12.0. The van der Waals surface area contributed by atoms with Crippen LogP contribution in [0.25, 0.3) is 0 Å². The van der Waals surface area contributed by atoms with Crippen LogP contribution in [0.3, 0.4) is 0 Å². The molecule has 0 atom stereocenters.